The molecule has 0 aromatic carbocycles. The highest BCUT2D eigenvalue weighted by Crippen LogP contribution is 2.21. The van der Waals surface area contributed by atoms with Gasteiger partial charge in [-0.1, -0.05) is 67.7 Å². The molecule has 0 bridgehead atoms. The van der Waals surface area contributed by atoms with E-state index < -0.39 is 18.1 Å². The number of hydrogen-bond donors (Lipinski definition) is 2. The van der Waals surface area contributed by atoms with Crippen LogP contribution in [0.4, 0.5) is 0 Å². The number of carbonyl (C=O) groups excluding carboxylic acids is 1. The van der Waals surface area contributed by atoms with E-state index in [2.05, 4.69) is 67.7 Å². The van der Waals surface area contributed by atoms with Crippen LogP contribution in [0.3, 0.4) is 0 Å². The van der Waals surface area contributed by atoms with Crippen LogP contribution in [0.25, 0.3) is 0 Å². The van der Waals surface area contributed by atoms with Gasteiger partial charge in [0.15, 0.2) is 0 Å². The van der Waals surface area contributed by atoms with E-state index in [1.165, 1.54) is 11.0 Å². The molecule has 0 saturated heterocycles. The predicted molar refractivity (Wildman–Crippen MR) is 137 cm³/mol. The van der Waals surface area contributed by atoms with Gasteiger partial charge < -0.3 is 15.7 Å². The average Bonchev–Trinajstić information content (AvgIpc) is 2.80. The Bertz CT molecular complexity index is 798. The Morgan fingerprint density at radius 1 is 0.970 bits per heavy atom. The van der Waals surface area contributed by atoms with Gasteiger partial charge in [0.2, 0.25) is 5.91 Å². The summed E-state index contributed by atoms with van der Waals surface area (Å²) in [4.78, 5) is 25.5. The lowest BCUT2D eigenvalue weighted by Gasteiger charge is -2.34. The molecule has 0 spiro atoms. The van der Waals surface area contributed by atoms with Gasteiger partial charge in [-0.15, -0.1) is 0 Å². The topological polar surface area (TPSA) is 83.6 Å². The third-order valence-corrected chi connectivity index (χ3v) is 5.09. The number of carboxylic acids is 1. The third-order valence-electron chi connectivity index (χ3n) is 5.09. The highest BCUT2D eigenvalue weighted by atomic mass is 16.4. The van der Waals surface area contributed by atoms with E-state index in [-0.39, 0.29) is 11.5 Å². The number of carboxylic acid groups (broad SMARTS) is 1. The van der Waals surface area contributed by atoms with E-state index in [0.717, 1.165) is 38.5 Å². The van der Waals surface area contributed by atoms with E-state index in [1.54, 1.807) is 19.2 Å². The summed E-state index contributed by atoms with van der Waals surface area (Å²) in [6, 6.07) is -1.10. The molecule has 180 valence electrons. The van der Waals surface area contributed by atoms with Crippen molar-refractivity contribution in [1.82, 2.24) is 4.90 Å². The number of carbonyl (C=O) groups is 2. The summed E-state index contributed by atoms with van der Waals surface area (Å²) < 4.78 is 0. The van der Waals surface area contributed by atoms with Crippen LogP contribution in [0.5, 0.6) is 0 Å². The molecule has 0 saturated carbocycles. The lowest BCUT2D eigenvalue weighted by Crippen LogP contribution is -2.50. The van der Waals surface area contributed by atoms with Crippen LogP contribution < -0.4 is 5.73 Å². The second-order valence-corrected chi connectivity index (χ2v) is 7.97. The Morgan fingerprint density at radius 2 is 1.48 bits per heavy atom. The van der Waals surface area contributed by atoms with Crippen molar-refractivity contribution in [3.8, 4) is 0 Å². The van der Waals surface area contributed by atoms with E-state index in [9.17, 15) is 14.7 Å². The lowest BCUT2D eigenvalue weighted by molar-refractivity contribution is -0.135. The van der Waals surface area contributed by atoms with Crippen LogP contribution in [-0.4, -0.2) is 34.0 Å². The van der Waals surface area contributed by atoms with Gasteiger partial charge in [0, 0.05) is 18.7 Å². The summed E-state index contributed by atoms with van der Waals surface area (Å²) in [6.45, 7) is 3.86. The molecule has 33 heavy (non-hydrogen) atoms. The summed E-state index contributed by atoms with van der Waals surface area (Å²) in [5.74, 6) is -1.15. The standard InChI is InChI=1S/C28H40N2O3/c1-3-4-5-6-7-8-9-10-11-12-13-14-15-16-17-18-19-22-26(31)30-23-20-21-25(28(32)33)27(30)24(2)29/h4-5,7-8,10-11,13-14,16-17,20-21,23-24,27H,3,6,9,12,15,18-19,22,29H2,1-2H3,(H,32,33)/b5-4+,8-7+,11-10+,14-13+,17-16+. The van der Waals surface area contributed by atoms with Crippen molar-refractivity contribution < 1.29 is 14.7 Å². The Kier molecular flexibility index (Phi) is 15.0. The van der Waals surface area contributed by atoms with Crippen molar-refractivity contribution >= 4 is 11.9 Å². The molecule has 2 unspecified atom stereocenters. The van der Waals surface area contributed by atoms with Crippen LogP contribution in [0, 0.1) is 0 Å². The van der Waals surface area contributed by atoms with E-state index in [1.807, 2.05) is 0 Å². The zero-order chi connectivity index (χ0) is 24.3. The molecule has 0 aromatic heterocycles. The smallest absolute Gasteiger partial charge is 0.333 e. The van der Waals surface area contributed by atoms with Crippen molar-refractivity contribution in [3.63, 3.8) is 0 Å². The third kappa shape index (κ3) is 12.0. The zero-order valence-electron chi connectivity index (χ0n) is 20.1. The van der Waals surface area contributed by atoms with Gasteiger partial charge in [-0.05, 0) is 64.0 Å². The molecule has 0 radical (unpaired) electrons. The fraction of sp³-hybridized carbons (Fsp3) is 0.429. The Morgan fingerprint density at radius 3 is 1.97 bits per heavy atom. The van der Waals surface area contributed by atoms with Gasteiger partial charge in [-0.25, -0.2) is 4.79 Å². The van der Waals surface area contributed by atoms with E-state index in [4.69, 9.17) is 5.73 Å². The Hall–Kier alpha value is -2.92. The second-order valence-electron chi connectivity index (χ2n) is 7.97. The fourth-order valence-corrected chi connectivity index (χ4v) is 3.42. The molecule has 1 aliphatic heterocycles. The molecule has 1 rings (SSSR count). The second kappa shape index (κ2) is 17.6. The SMILES string of the molecule is CC/C=C/C/C=C/C/C=C/C/C=C/C/C=C/CCCC(=O)N1C=CC=C(C(=O)O)C1C(C)N. The van der Waals surface area contributed by atoms with Crippen molar-refractivity contribution in [3.05, 3.63) is 84.7 Å². The molecule has 0 aliphatic carbocycles. The monoisotopic (exact) mass is 452 g/mol. The van der Waals surface area contributed by atoms with Gasteiger partial charge in [0.05, 0.1) is 11.6 Å². The molecule has 5 nitrogen and oxygen atoms in total. The number of allylic oxidation sites excluding steroid dienone is 12. The van der Waals surface area contributed by atoms with Crippen LogP contribution in [0.2, 0.25) is 0 Å². The first-order valence-corrected chi connectivity index (χ1v) is 11.9. The van der Waals surface area contributed by atoms with E-state index >= 15 is 0 Å². The maximum atomic E-state index is 12.6. The minimum Gasteiger partial charge on any atom is -0.478 e. The molecule has 0 fully saturated rings. The first-order chi connectivity index (χ1) is 16.0. The molecule has 1 aliphatic rings. The Balaban J connectivity index is 2.21. The largest absolute Gasteiger partial charge is 0.478 e. The maximum absolute atomic E-state index is 12.6. The molecule has 2 atom stereocenters. The van der Waals surface area contributed by atoms with Crippen molar-refractivity contribution in [2.75, 3.05) is 0 Å². The molecule has 0 aromatic rings. The molecule has 1 amide bonds. The molecule has 5 heteroatoms. The highest BCUT2D eigenvalue weighted by molar-refractivity contribution is 5.91. The molecular weight excluding hydrogens is 412 g/mol. The molecular formula is C28H40N2O3. The summed E-state index contributed by atoms with van der Waals surface area (Å²) >= 11 is 0. The van der Waals surface area contributed by atoms with Gasteiger partial charge in [-0.2, -0.15) is 0 Å². The maximum Gasteiger partial charge on any atom is 0.333 e. The van der Waals surface area contributed by atoms with E-state index in [0.29, 0.717) is 12.8 Å². The number of rotatable bonds is 15. The van der Waals surface area contributed by atoms with Crippen LogP contribution in [0.1, 0.15) is 65.2 Å². The van der Waals surface area contributed by atoms with Gasteiger partial charge in [0.25, 0.3) is 0 Å². The molecule has 3 N–H and O–H groups in total. The summed E-state index contributed by atoms with van der Waals surface area (Å²) in [6.07, 6.45) is 33.1. The normalized spacial score (nSPS) is 17.8. The number of nitrogens with zero attached hydrogens (tertiary/aromatic N) is 1. The van der Waals surface area contributed by atoms with Gasteiger partial charge in [0.1, 0.15) is 0 Å². The minimum absolute atomic E-state index is 0.104. The highest BCUT2D eigenvalue weighted by Gasteiger charge is 2.33. The van der Waals surface area contributed by atoms with Crippen molar-refractivity contribution in [2.45, 2.75) is 77.3 Å². The average molecular weight is 453 g/mol. The minimum atomic E-state index is -1.04. The molecule has 1 heterocycles. The van der Waals surface area contributed by atoms with Crippen molar-refractivity contribution in [2.24, 2.45) is 5.73 Å². The van der Waals surface area contributed by atoms with Crippen LogP contribution >= 0.6 is 0 Å². The van der Waals surface area contributed by atoms with Gasteiger partial charge >= 0.3 is 5.97 Å². The van der Waals surface area contributed by atoms with Gasteiger partial charge in [-0.3, -0.25) is 4.79 Å². The lowest BCUT2D eigenvalue weighted by atomic mass is 9.96. The van der Waals surface area contributed by atoms with Crippen molar-refractivity contribution in [1.29, 1.82) is 0 Å². The Labute approximate surface area is 199 Å². The summed E-state index contributed by atoms with van der Waals surface area (Å²) in [5.41, 5.74) is 6.11. The quantitative estimate of drug-likeness (QED) is 0.236. The number of nitrogens with two attached hydrogens (primary N) is 1. The number of hydrogen-bond acceptors (Lipinski definition) is 3. The first-order valence-electron chi connectivity index (χ1n) is 11.9. The fourth-order valence-electron chi connectivity index (χ4n) is 3.42. The number of unbranched alkanes of at least 4 members (excludes halogenated alkanes) is 1. The summed E-state index contributed by atoms with van der Waals surface area (Å²) in [5, 5.41) is 9.37. The predicted octanol–water partition coefficient (Wildman–Crippen LogP) is 5.99. The number of amides is 1. The summed E-state index contributed by atoms with van der Waals surface area (Å²) in [7, 11) is 0. The zero-order valence-corrected chi connectivity index (χ0v) is 20.1. The van der Waals surface area contributed by atoms with Crippen LogP contribution in [0.15, 0.2) is 84.7 Å². The van der Waals surface area contributed by atoms with Crippen LogP contribution in [-0.2, 0) is 9.59 Å². The first kappa shape index (κ1) is 28.1. The number of aliphatic carboxylic acids is 1.